The zero-order chi connectivity index (χ0) is 13.1. The van der Waals surface area contributed by atoms with Gasteiger partial charge in [0.1, 0.15) is 5.75 Å². The fraction of sp³-hybridized carbons (Fsp3) is 0.455. The van der Waals surface area contributed by atoms with Crippen molar-refractivity contribution in [3.8, 4) is 5.75 Å². The lowest BCUT2D eigenvalue weighted by Crippen LogP contribution is -2.30. The molecule has 4 nitrogen and oxygen atoms in total. The molecule has 0 aromatic heterocycles. The van der Waals surface area contributed by atoms with Crippen LogP contribution in [0.3, 0.4) is 0 Å². The monoisotopic (exact) mass is 369 g/mol. The second-order valence-electron chi connectivity index (χ2n) is 3.39. The van der Waals surface area contributed by atoms with E-state index in [1.165, 1.54) is 4.31 Å². The van der Waals surface area contributed by atoms with Crippen molar-refractivity contribution >= 4 is 32.6 Å². The summed E-state index contributed by atoms with van der Waals surface area (Å²) in [6.07, 6.45) is 0. The Morgan fingerprint density at radius 2 is 1.88 bits per heavy atom. The maximum atomic E-state index is 12.2. The van der Waals surface area contributed by atoms with Crippen molar-refractivity contribution in [1.29, 1.82) is 0 Å². The summed E-state index contributed by atoms with van der Waals surface area (Å²) in [5.41, 5.74) is 0. The third kappa shape index (κ3) is 3.11. The van der Waals surface area contributed by atoms with Gasteiger partial charge in [-0.25, -0.2) is 8.42 Å². The van der Waals surface area contributed by atoms with Gasteiger partial charge in [-0.3, -0.25) is 0 Å². The number of ether oxygens (including phenoxy) is 1. The van der Waals surface area contributed by atoms with Gasteiger partial charge in [0.05, 0.1) is 15.6 Å². The van der Waals surface area contributed by atoms with Crippen LogP contribution in [0.5, 0.6) is 5.75 Å². The minimum absolute atomic E-state index is 0.311. The van der Waals surface area contributed by atoms with Gasteiger partial charge >= 0.3 is 0 Å². The molecule has 1 aromatic rings. The molecule has 0 aliphatic carbocycles. The first kappa shape index (κ1) is 14.7. The Bertz CT molecular complexity index is 483. The Kier molecular flexibility index (Phi) is 5.21. The molecule has 0 aliphatic rings. The molecule has 1 rings (SSSR count). The van der Waals surface area contributed by atoms with E-state index < -0.39 is 10.0 Å². The highest BCUT2D eigenvalue weighted by Crippen LogP contribution is 2.25. The predicted molar refractivity (Wildman–Crippen MR) is 75.8 cm³/mol. The highest BCUT2D eigenvalue weighted by atomic mass is 127. The molecule has 0 atom stereocenters. The molecule has 0 saturated heterocycles. The molecule has 0 unspecified atom stereocenters. The molecule has 0 aliphatic heterocycles. The van der Waals surface area contributed by atoms with E-state index in [1.807, 2.05) is 13.8 Å². The van der Waals surface area contributed by atoms with Crippen LogP contribution in [-0.4, -0.2) is 32.9 Å². The molecular formula is C11H16INO3S. The van der Waals surface area contributed by atoms with Crippen LogP contribution in [0.2, 0.25) is 0 Å². The summed E-state index contributed by atoms with van der Waals surface area (Å²) < 4.78 is 31.8. The first-order valence-corrected chi connectivity index (χ1v) is 7.82. The summed E-state index contributed by atoms with van der Waals surface area (Å²) in [4.78, 5) is 0.311. The summed E-state index contributed by atoms with van der Waals surface area (Å²) >= 11 is 2.07. The number of hydrogen-bond donors (Lipinski definition) is 0. The van der Waals surface area contributed by atoms with Crippen LogP contribution in [0, 0.1) is 3.57 Å². The number of hydrogen-bond acceptors (Lipinski definition) is 3. The molecule has 0 heterocycles. The number of nitrogens with zero attached hydrogens (tertiary/aromatic N) is 1. The average molecular weight is 369 g/mol. The molecule has 1 aromatic carbocycles. The van der Waals surface area contributed by atoms with E-state index in [0.717, 1.165) is 3.57 Å². The molecule has 0 fully saturated rings. The third-order valence-electron chi connectivity index (χ3n) is 2.47. The van der Waals surface area contributed by atoms with Crippen molar-refractivity contribution in [1.82, 2.24) is 4.31 Å². The standard InChI is InChI=1S/C11H16INO3S/c1-4-13(5-2)17(14,15)9-6-7-11(16-3)10(12)8-9/h6-8H,4-5H2,1-3H3. The van der Waals surface area contributed by atoms with Gasteiger partial charge in [0, 0.05) is 13.1 Å². The van der Waals surface area contributed by atoms with Crippen molar-refractivity contribution < 1.29 is 13.2 Å². The van der Waals surface area contributed by atoms with Crippen LogP contribution in [-0.2, 0) is 10.0 Å². The summed E-state index contributed by atoms with van der Waals surface area (Å²) in [7, 11) is -1.81. The van der Waals surface area contributed by atoms with Crippen LogP contribution in [0.15, 0.2) is 23.1 Å². The van der Waals surface area contributed by atoms with Gasteiger partial charge in [0.2, 0.25) is 10.0 Å². The zero-order valence-corrected chi connectivity index (χ0v) is 13.1. The molecule has 6 heteroatoms. The Morgan fingerprint density at radius 3 is 2.29 bits per heavy atom. The van der Waals surface area contributed by atoms with E-state index in [9.17, 15) is 8.42 Å². The lowest BCUT2D eigenvalue weighted by molar-refractivity contribution is 0.411. The van der Waals surface area contributed by atoms with E-state index in [1.54, 1.807) is 25.3 Å². The summed E-state index contributed by atoms with van der Waals surface area (Å²) in [5, 5.41) is 0. The molecule has 0 saturated carbocycles. The van der Waals surface area contributed by atoms with E-state index in [-0.39, 0.29) is 0 Å². The maximum Gasteiger partial charge on any atom is 0.243 e. The summed E-state index contributed by atoms with van der Waals surface area (Å²) in [6, 6.07) is 4.89. The Morgan fingerprint density at radius 1 is 1.29 bits per heavy atom. The lowest BCUT2D eigenvalue weighted by Gasteiger charge is -2.18. The average Bonchev–Trinajstić information content (AvgIpc) is 2.30. The van der Waals surface area contributed by atoms with Crippen molar-refractivity contribution in [3.05, 3.63) is 21.8 Å². The van der Waals surface area contributed by atoms with Gasteiger partial charge in [-0.2, -0.15) is 4.31 Å². The van der Waals surface area contributed by atoms with Crippen LogP contribution in [0.4, 0.5) is 0 Å². The van der Waals surface area contributed by atoms with Crippen LogP contribution in [0.1, 0.15) is 13.8 Å². The third-order valence-corrected chi connectivity index (χ3v) is 5.36. The van der Waals surface area contributed by atoms with Gasteiger partial charge in [0.15, 0.2) is 0 Å². The second kappa shape index (κ2) is 6.01. The van der Waals surface area contributed by atoms with Crippen molar-refractivity contribution in [2.45, 2.75) is 18.7 Å². The summed E-state index contributed by atoms with van der Waals surface area (Å²) in [6.45, 7) is 4.61. The van der Waals surface area contributed by atoms with E-state index in [0.29, 0.717) is 23.7 Å². The van der Waals surface area contributed by atoms with Gasteiger partial charge in [-0.05, 0) is 40.8 Å². The number of benzene rings is 1. The van der Waals surface area contributed by atoms with E-state index in [4.69, 9.17) is 4.74 Å². The minimum atomic E-state index is -3.38. The fourth-order valence-electron chi connectivity index (χ4n) is 1.52. The molecule has 0 radical (unpaired) electrons. The largest absolute Gasteiger partial charge is 0.496 e. The number of sulfonamides is 1. The molecule has 0 amide bonds. The Balaban J connectivity index is 3.20. The van der Waals surface area contributed by atoms with Gasteiger partial charge in [0.25, 0.3) is 0 Å². The molecule has 0 N–H and O–H groups in total. The normalized spacial score (nSPS) is 11.8. The quantitative estimate of drug-likeness (QED) is 0.749. The van der Waals surface area contributed by atoms with Crippen LogP contribution >= 0.6 is 22.6 Å². The molecule has 96 valence electrons. The number of halogens is 1. The SMILES string of the molecule is CCN(CC)S(=O)(=O)c1ccc(OC)c(I)c1. The van der Waals surface area contributed by atoms with Crippen LogP contribution < -0.4 is 4.74 Å². The predicted octanol–water partition coefficient (Wildman–Crippen LogP) is 2.33. The zero-order valence-electron chi connectivity index (χ0n) is 10.1. The van der Waals surface area contributed by atoms with Crippen molar-refractivity contribution in [2.24, 2.45) is 0 Å². The minimum Gasteiger partial charge on any atom is -0.496 e. The van der Waals surface area contributed by atoms with Crippen LogP contribution in [0.25, 0.3) is 0 Å². The highest BCUT2D eigenvalue weighted by molar-refractivity contribution is 14.1. The van der Waals surface area contributed by atoms with Gasteiger partial charge in [-0.15, -0.1) is 0 Å². The van der Waals surface area contributed by atoms with Gasteiger partial charge < -0.3 is 4.74 Å². The van der Waals surface area contributed by atoms with E-state index in [2.05, 4.69) is 22.6 Å². The molecule has 0 spiro atoms. The molecule has 0 bridgehead atoms. The Hall–Kier alpha value is -0.340. The number of rotatable bonds is 5. The van der Waals surface area contributed by atoms with Crippen molar-refractivity contribution in [2.75, 3.05) is 20.2 Å². The first-order valence-electron chi connectivity index (χ1n) is 5.31. The second-order valence-corrected chi connectivity index (χ2v) is 6.49. The number of methoxy groups -OCH3 is 1. The van der Waals surface area contributed by atoms with Gasteiger partial charge in [-0.1, -0.05) is 13.8 Å². The Labute approximate surface area is 116 Å². The fourth-order valence-corrected chi connectivity index (χ4v) is 3.95. The molecular weight excluding hydrogens is 353 g/mol. The lowest BCUT2D eigenvalue weighted by atomic mass is 10.3. The maximum absolute atomic E-state index is 12.2. The smallest absolute Gasteiger partial charge is 0.243 e. The topological polar surface area (TPSA) is 46.6 Å². The first-order chi connectivity index (χ1) is 7.97. The van der Waals surface area contributed by atoms with Crippen molar-refractivity contribution in [3.63, 3.8) is 0 Å². The summed E-state index contributed by atoms with van der Waals surface area (Å²) in [5.74, 6) is 0.684. The molecule has 17 heavy (non-hydrogen) atoms. The van der Waals surface area contributed by atoms with E-state index >= 15 is 0 Å². The highest BCUT2D eigenvalue weighted by Gasteiger charge is 2.22.